The minimum Gasteiger partial charge on any atom is -0.326 e. The van der Waals surface area contributed by atoms with Crippen LogP contribution >= 0.6 is 23.4 Å². The van der Waals surface area contributed by atoms with Crippen LogP contribution in [0.25, 0.3) is 0 Å². The summed E-state index contributed by atoms with van der Waals surface area (Å²) in [5, 5.41) is 3.17. The van der Waals surface area contributed by atoms with Gasteiger partial charge in [0.1, 0.15) is 5.82 Å². The maximum Gasteiger partial charge on any atom is 0.265 e. The summed E-state index contributed by atoms with van der Waals surface area (Å²) in [6, 6.07) is 10.3. The number of halogens is 2. The SMILES string of the molecule is CC(=O)Nc1ccc(S(=O)(=O)N2CCN=C2SCc2c(F)cccc2Cl)cc1. The van der Waals surface area contributed by atoms with Crippen LogP contribution in [-0.2, 0) is 20.6 Å². The monoisotopic (exact) mass is 441 g/mol. The van der Waals surface area contributed by atoms with E-state index in [1.54, 1.807) is 6.07 Å². The third kappa shape index (κ3) is 4.48. The average Bonchev–Trinajstić information content (AvgIpc) is 3.11. The first-order valence-corrected chi connectivity index (χ1v) is 11.1. The van der Waals surface area contributed by atoms with Crippen LogP contribution in [0.5, 0.6) is 0 Å². The van der Waals surface area contributed by atoms with Gasteiger partial charge in [-0.2, -0.15) is 0 Å². The molecule has 0 spiro atoms. The second-order valence-electron chi connectivity index (χ2n) is 5.94. The van der Waals surface area contributed by atoms with Crippen LogP contribution < -0.4 is 5.32 Å². The topological polar surface area (TPSA) is 78.8 Å². The van der Waals surface area contributed by atoms with Crippen molar-refractivity contribution in [2.45, 2.75) is 17.6 Å². The van der Waals surface area contributed by atoms with E-state index in [-0.39, 0.29) is 28.1 Å². The molecule has 0 radical (unpaired) electrons. The third-order valence-electron chi connectivity index (χ3n) is 3.93. The predicted molar refractivity (Wildman–Crippen MR) is 110 cm³/mol. The number of hydrogen-bond acceptors (Lipinski definition) is 5. The highest BCUT2D eigenvalue weighted by Gasteiger charge is 2.31. The van der Waals surface area contributed by atoms with Crippen molar-refractivity contribution in [2.24, 2.45) is 4.99 Å². The predicted octanol–water partition coefficient (Wildman–Crippen LogP) is 3.73. The zero-order valence-electron chi connectivity index (χ0n) is 14.9. The van der Waals surface area contributed by atoms with E-state index in [4.69, 9.17) is 11.6 Å². The summed E-state index contributed by atoms with van der Waals surface area (Å²) in [7, 11) is -3.82. The molecular formula is C18H17ClFN3O3S2. The molecule has 148 valence electrons. The lowest BCUT2D eigenvalue weighted by Gasteiger charge is -2.20. The smallest absolute Gasteiger partial charge is 0.265 e. The molecule has 0 saturated heterocycles. The molecule has 10 heteroatoms. The van der Waals surface area contributed by atoms with Crippen LogP contribution in [0, 0.1) is 5.82 Å². The van der Waals surface area contributed by atoms with Crippen LogP contribution in [-0.4, -0.2) is 36.9 Å². The van der Waals surface area contributed by atoms with E-state index in [1.165, 1.54) is 47.6 Å². The molecule has 0 aromatic heterocycles. The molecular weight excluding hydrogens is 425 g/mol. The number of hydrogen-bond donors (Lipinski definition) is 1. The molecule has 0 fully saturated rings. The van der Waals surface area contributed by atoms with Gasteiger partial charge in [-0.3, -0.25) is 9.79 Å². The first kappa shape index (κ1) is 20.6. The summed E-state index contributed by atoms with van der Waals surface area (Å²) in [5.74, 6) is -0.521. The number of nitrogens with zero attached hydrogens (tertiary/aromatic N) is 2. The fraction of sp³-hybridized carbons (Fsp3) is 0.222. The van der Waals surface area contributed by atoms with E-state index < -0.39 is 15.8 Å². The van der Waals surface area contributed by atoms with Crippen LogP contribution in [0.2, 0.25) is 5.02 Å². The van der Waals surface area contributed by atoms with Crippen molar-refractivity contribution in [3.05, 3.63) is 58.9 Å². The van der Waals surface area contributed by atoms with Gasteiger partial charge in [-0.05, 0) is 36.4 Å². The first-order chi connectivity index (χ1) is 13.3. The van der Waals surface area contributed by atoms with Crippen molar-refractivity contribution in [3.8, 4) is 0 Å². The molecule has 0 aliphatic carbocycles. The van der Waals surface area contributed by atoms with Crippen molar-refractivity contribution in [1.82, 2.24) is 4.31 Å². The number of benzene rings is 2. The summed E-state index contributed by atoms with van der Waals surface area (Å²) >= 11 is 7.15. The highest BCUT2D eigenvalue weighted by atomic mass is 35.5. The Kier molecular flexibility index (Phi) is 6.26. The zero-order valence-corrected chi connectivity index (χ0v) is 17.2. The highest BCUT2D eigenvalue weighted by molar-refractivity contribution is 8.14. The van der Waals surface area contributed by atoms with Crippen molar-refractivity contribution < 1.29 is 17.6 Å². The Labute approximate surface area is 171 Å². The molecule has 0 unspecified atom stereocenters. The number of rotatable bonds is 5. The Morgan fingerprint density at radius 2 is 2.00 bits per heavy atom. The van der Waals surface area contributed by atoms with Crippen molar-refractivity contribution in [2.75, 3.05) is 18.4 Å². The van der Waals surface area contributed by atoms with Gasteiger partial charge in [0.2, 0.25) is 5.91 Å². The maximum atomic E-state index is 13.9. The number of carbonyl (C=O) groups is 1. The zero-order chi connectivity index (χ0) is 20.3. The second kappa shape index (κ2) is 8.50. The minimum atomic E-state index is -3.82. The standard InChI is InChI=1S/C18H17ClFN3O3S2/c1-12(24)22-13-5-7-14(8-6-13)28(25,26)23-10-9-21-18(23)27-11-15-16(19)3-2-4-17(15)20/h2-8H,9-11H2,1H3,(H,22,24). The molecule has 6 nitrogen and oxygen atoms in total. The molecule has 1 aliphatic rings. The Morgan fingerprint density at radius 1 is 1.29 bits per heavy atom. The van der Waals surface area contributed by atoms with E-state index in [1.807, 2.05) is 0 Å². The molecule has 0 saturated carbocycles. The van der Waals surface area contributed by atoms with Gasteiger partial charge in [0.05, 0.1) is 18.0 Å². The Balaban J connectivity index is 1.76. The van der Waals surface area contributed by atoms with Crippen molar-refractivity contribution >= 4 is 50.1 Å². The Hall–Kier alpha value is -2.10. The van der Waals surface area contributed by atoms with Gasteiger partial charge in [0.25, 0.3) is 10.0 Å². The fourth-order valence-electron chi connectivity index (χ4n) is 2.60. The fourth-order valence-corrected chi connectivity index (χ4v) is 5.67. The summed E-state index contributed by atoms with van der Waals surface area (Å²) in [5.41, 5.74) is 0.811. The van der Waals surface area contributed by atoms with Gasteiger partial charge < -0.3 is 5.32 Å². The van der Waals surface area contributed by atoms with E-state index in [2.05, 4.69) is 10.3 Å². The molecule has 1 amide bonds. The number of thioether (sulfide) groups is 1. The number of nitrogens with one attached hydrogen (secondary N) is 1. The maximum absolute atomic E-state index is 13.9. The van der Waals surface area contributed by atoms with Gasteiger partial charge >= 0.3 is 0 Å². The lowest BCUT2D eigenvalue weighted by molar-refractivity contribution is -0.114. The molecule has 28 heavy (non-hydrogen) atoms. The second-order valence-corrected chi connectivity index (χ2v) is 9.15. The average molecular weight is 442 g/mol. The number of aliphatic imine (C=N–C) groups is 1. The normalized spacial score (nSPS) is 14.1. The lowest BCUT2D eigenvalue weighted by Crippen LogP contribution is -2.33. The summed E-state index contributed by atoms with van der Waals surface area (Å²) < 4.78 is 41.1. The Morgan fingerprint density at radius 3 is 2.64 bits per heavy atom. The molecule has 1 heterocycles. The molecule has 2 aromatic carbocycles. The lowest BCUT2D eigenvalue weighted by atomic mass is 10.2. The van der Waals surface area contributed by atoms with Gasteiger partial charge in [0.15, 0.2) is 5.17 Å². The van der Waals surface area contributed by atoms with Crippen molar-refractivity contribution in [1.29, 1.82) is 0 Å². The van der Waals surface area contributed by atoms with Crippen LogP contribution in [0.15, 0.2) is 52.4 Å². The molecule has 1 N–H and O–H groups in total. The van der Waals surface area contributed by atoms with Crippen LogP contribution in [0.4, 0.5) is 10.1 Å². The third-order valence-corrected chi connectivity index (χ3v) is 7.25. The molecule has 1 aliphatic heterocycles. The summed E-state index contributed by atoms with van der Waals surface area (Å²) in [6.45, 7) is 1.91. The number of amidine groups is 1. The van der Waals surface area contributed by atoms with Crippen LogP contribution in [0.1, 0.15) is 12.5 Å². The highest BCUT2D eigenvalue weighted by Crippen LogP contribution is 2.29. The quantitative estimate of drug-likeness (QED) is 0.766. The van der Waals surface area contributed by atoms with Gasteiger partial charge in [0, 0.05) is 29.0 Å². The van der Waals surface area contributed by atoms with Gasteiger partial charge in [-0.15, -0.1) is 0 Å². The van der Waals surface area contributed by atoms with E-state index >= 15 is 0 Å². The molecule has 0 bridgehead atoms. The minimum absolute atomic E-state index is 0.0840. The van der Waals surface area contributed by atoms with E-state index in [0.717, 1.165) is 11.8 Å². The number of amides is 1. The Bertz CT molecular complexity index is 1010. The largest absolute Gasteiger partial charge is 0.326 e. The molecule has 0 atom stereocenters. The number of anilines is 1. The number of sulfonamides is 1. The van der Waals surface area contributed by atoms with Gasteiger partial charge in [-0.1, -0.05) is 29.4 Å². The van der Waals surface area contributed by atoms with E-state index in [0.29, 0.717) is 23.0 Å². The summed E-state index contributed by atoms with van der Waals surface area (Å²) in [4.78, 5) is 15.4. The molecule has 3 rings (SSSR count). The van der Waals surface area contributed by atoms with E-state index in [9.17, 15) is 17.6 Å². The first-order valence-electron chi connectivity index (χ1n) is 8.29. The summed E-state index contributed by atoms with van der Waals surface area (Å²) in [6.07, 6.45) is 0. The number of carbonyl (C=O) groups excluding carboxylic acids is 1. The van der Waals surface area contributed by atoms with Crippen LogP contribution in [0.3, 0.4) is 0 Å². The molecule has 2 aromatic rings. The van der Waals surface area contributed by atoms with Gasteiger partial charge in [-0.25, -0.2) is 17.1 Å². The van der Waals surface area contributed by atoms with Crippen molar-refractivity contribution in [3.63, 3.8) is 0 Å².